The van der Waals surface area contributed by atoms with Crippen LogP contribution in [0.4, 0.5) is 5.95 Å². The lowest BCUT2D eigenvalue weighted by Gasteiger charge is -2.15. The molecule has 6 nitrogen and oxygen atoms in total. The van der Waals surface area contributed by atoms with Crippen molar-refractivity contribution in [3.05, 3.63) is 78.2 Å². The lowest BCUT2D eigenvalue weighted by Crippen LogP contribution is -2.11. The maximum Gasteiger partial charge on any atom is 0.225 e. The van der Waals surface area contributed by atoms with Gasteiger partial charge in [0.25, 0.3) is 0 Å². The minimum absolute atomic E-state index is 0.0384. The van der Waals surface area contributed by atoms with Crippen molar-refractivity contribution in [2.45, 2.75) is 13.0 Å². The summed E-state index contributed by atoms with van der Waals surface area (Å²) in [6, 6.07) is 20.0. The van der Waals surface area contributed by atoms with Gasteiger partial charge in [-0.3, -0.25) is 4.57 Å². The zero-order valence-corrected chi connectivity index (χ0v) is 14.2. The molecule has 0 radical (unpaired) electrons. The third-order valence-electron chi connectivity index (χ3n) is 4.22. The Hall–Kier alpha value is -3.72. The van der Waals surface area contributed by atoms with E-state index in [1.165, 1.54) is 6.20 Å². The molecule has 0 amide bonds. The highest BCUT2D eigenvalue weighted by Crippen LogP contribution is 2.21. The number of hydrogen-bond acceptors (Lipinski definition) is 5. The Morgan fingerprint density at radius 1 is 1.04 bits per heavy atom. The SMILES string of the molecule is C[C@H](Nc1ncc(C#N)c(-n2cnc3ccccc32)n1)c1ccccc1. The predicted molar refractivity (Wildman–Crippen MR) is 99.9 cm³/mol. The topological polar surface area (TPSA) is 79.4 Å². The highest BCUT2D eigenvalue weighted by Gasteiger charge is 2.14. The van der Waals surface area contributed by atoms with Gasteiger partial charge < -0.3 is 5.32 Å². The van der Waals surface area contributed by atoms with Crippen LogP contribution >= 0.6 is 0 Å². The van der Waals surface area contributed by atoms with Gasteiger partial charge in [-0.1, -0.05) is 42.5 Å². The summed E-state index contributed by atoms with van der Waals surface area (Å²) < 4.78 is 1.81. The summed E-state index contributed by atoms with van der Waals surface area (Å²) in [6.07, 6.45) is 3.22. The van der Waals surface area contributed by atoms with Crippen LogP contribution in [0, 0.1) is 11.3 Å². The van der Waals surface area contributed by atoms with E-state index in [1.807, 2.05) is 66.1 Å². The molecule has 1 N–H and O–H groups in total. The first-order chi connectivity index (χ1) is 12.8. The molecule has 2 aromatic heterocycles. The summed E-state index contributed by atoms with van der Waals surface area (Å²) in [4.78, 5) is 13.2. The van der Waals surface area contributed by atoms with Crippen molar-refractivity contribution in [2.75, 3.05) is 5.32 Å². The Bertz CT molecular complexity index is 1090. The van der Waals surface area contributed by atoms with Gasteiger partial charge in [-0.25, -0.2) is 9.97 Å². The molecule has 6 heteroatoms. The number of rotatable bonds is 4. The maximum absolute atomic E-state index is 9.46. The largest absolute Gasteiger partial charge is 0.348 e. The Morgan fingerprint density at radius 2 is 1.81 bits per heavy atom. The second-order valence-electron chi connectivity index (χ2n) is 5.92. The van der Waals surface area contributed by atoms with Crippen LogP contribution in [0.25, 0.3) is 16.9 Å². The van der Waals surface area contributed by atoms with E-state index in [0.29, 0.717) is 17.3 Å². The van der Waals surface area contributed by atoms with Crippen molar-refractivity contribution < 1.29 is 0 Å². The van der Waals surface area contributed by atoms with Crippen LogP contribution in [0.2, 0.25) is 0 Å². The van der Waals surface area contributed by atoms with Gasteiger partial charge >= 0.3 is 0 Å². The number of anilines is 1. The summed E-state index contributed by atoms with van der Waals surface area (Å²) in [6.45, 7) is 2.04. The number of aromatic nitrogens is 4. The Labute approximate surface area is 150 Å². The monoisotopic (exact) mass is 340 g/mol. The molecule has 0 aliphatic heterocycles. The molecule has 0 saturated carbocycles. The lowest BCUT2D eigenvalue weighted by molar-refractivity contribution is 0.853. The third kappa shape index (κ3) is 2.87. The molecule has 0 fully saturated rings. The smallest absolute Gasteiger partial charge is 0.225 e. The fourth-order valence-corrected chi connectivity index (χ4v) is 2.85. The number of para-hydroxylation sites is 2. The zero-order valence-electron chi connectivity index (χ0n) is 14.2. The van der Waals surface area contributed by atoms with E-state index in [0.717, 1.165) is 16.6 Å². The van der Waals surface area contributed by atoms with Gasteiger partial charge in [0, 0.05) is 0 Å². The number of imidazole rings is 1. The summed E-state index contributed by atoms with van der Waals surface area (Å²) in [5, 5.41) is 12.8. The van der Waals surface area contributed by atoms with E-state index in [2.05, 4.69) is 26.3 Å². The summed E-state index contributed by atoms with van der Waals surface area (Å²) >= 11 is 0. The van der Waals surface area contributed by atoms with Crippen molar-refractivity contribution in [2.24, 2.45) is 0 Å². The summed E-state index contributed by atoms with van der Waals surface area (Å²) in [5.41, 5.74) is 3.27. The Kier molecular flexibility index (Phi) is 4.04. The van der Waals surface area contributed by atoms with Crippen LogP contribution in [0.15, 0.2) is 67.1 Å². The Morgan fingerprint density at radius 3 is 2.62 bits per heavy atom. The number of benzene rings is 2. The second-order valence-corrected chi connectivity index (χ2v) is 5.92. The standard InChI is InChI=1S/C20H16N6/c1-14(15-7-3-2-4-8-15)24-20-22-12-16(11-21)19(25-20)26-13-23-17-9-5-6-10-18(17)26/h2-10,12-14H,1H3,(H,22,24,25)/t14-/m0/s1. The third-order valence-corrected chi connectivity index (χ3v) is 4.22. The second kappa shape index (κ2) is 6.65. The van der Waals surface area contributed by atoms with Gasteiger partial charge in [0.05, 0.1) is 23.3 Å². The fourth-order valence-electron chi connectivity index (χ4n) is 2.85. The molecule has 126 valence electrons. The van der Waals surface area contributed by atoms with Crippen LogP contribution in [0.3, 0.4) is 0 Å². The molecule has 0 bridgehead atoms. The van der Waals surface area contributed by atoms with Crippen LogP contribution in [0.5, 0.6) is 0 Å². The van der Waals surface area contributed by atoms with Crippen molar-refractivity contribution in [3.8, 4) is 11.9 Å². The maximum atomic E-state index is 9.46. The van der Waals surface area contributed by atoms with Crippen LogP contribution in [-0.4, -0.2) is 19.5 Å². The quantitative estimate of drug-likeness (QED) is 0.610. The van der Waals surface area contributed by atoms with Gasteiger partial charge in [0.15, 0.2) is 5.82 Å². The number of fused-ring (bicyclic) bond motifs is 1. The molecule has 2 aromatic carbocycles. The molecule has 0 aliphatic carbocycles. The number of nitrogens with zero attached hydrogens (tertiary/aromatic N) is 5. The number of nitriles is 1. The predicted octanol–water partition coefficient (Wildman–Crippen LogP) is 3.86. The lowest BCUT2D eigenvalue weighted by atomic mass is 10.1. The molecule has 4 rings (SSSR count). The van der Waals surface area contributed by atoms with Crippen molar-refractivity contribution in [3.63, 3.8) is 0 Å². The highest BCUT2D eigenvalue weighted by atomic mass is 15.2. The molecule has 0 saturated heterocycles. The first-order valence-corrected chi connectivity index (χ1v) is 8.27. The van der Waals surface area contributed by atoms with E-state index < -0.39 is 0 Å². The number of hydrogen-bond donors (Lipinski definition) is 1. The number of nitrogens with one attached hydrogen (secondary N) is 1. The molecule has 1 atom stereocenters. The molecular weight excluding hydrogens is 324 g/mol. The minimum Gasteiger partial charge on any atom is -0.348 e. The molecule has 4 aromatic rings. The first kappa shape index (κ1) is 15.8. The van der Waals surface area contributed by atoms with Crippen molar-refractivity contribution in [1.29, 1.82) is 5.26 Å². The fraction of sp³-hybridized carbons (Fsp3) is 0.100. The van der Waals surface area contributed by atoms with E-state index in [4.69, 9.17) is 0 Å². The first-order valence-electron chi connectivity index (χ1n) is 8.27. The van der Waals surface area contributed by atoms with Crippen LogP contribution < -0.4 is 5.32 Å². The molecule has 0 spiro atoms. The van der Waals surface area contributed by atoms with Gasteiger partial charge in [-0.2, -0.15) is 10.2 Å². The van der Waals surface area contributed by atoms with Gasteiger partial charge in [-0.15, -0.1) is 0 Å². The van der Waals surface area contributed by atoms with Gasteiger partial charge in [0.1, 0.15) is 18.0 Å². The minimum atomic E-state index is 0.0384. The average Bonchev–Trinajstić information content (AvgIpc) is 3.12. The van der Waals surface area contributed by atoms with E-state index >= 15 is 0 Å². The summed E-state index contributed by atoms with van der Waals surface area (Å²) in [5.74, 6) is 0.979. The molecular formula is C20H16N6. The zero-order chi connectivity index (χ0) is 17.9. The van der Waals surface area contributed by atoms with Crippen molar-refractivity contribution >= 4 is 17.0 Å². The van der Waals surface area contributed by atoms with E-state index in [9.17, 15) is 5.26 Å². The van der Waals surface area contributed by atoms with Crippen LogP contribution in [0.1, 0.15) is 24.1 Å². The molecule has 2 heterocycles. The van der Waals surface area contributed by atoms with E-state index in [-0.39, 0.29) is 6.04 Å². The summed E-state index contributed by atoms with van der Waals surface area (Å²) in [7, 11) is 0. The van der Waals surface area contributed by atoms with Gasteiger partial charge in [0.2, 0.25) is 5.95 Å². The normalized spacial score (nSPS) is 11.8. The van der Waals surface area contributed by atoms with Crippen LogP contribution in [-0.2, 0) is 0 Å². The van der Waals surface area contributed by atoms with Crippen molar-refractivity contribution in [1.82, 2.24) is 19.5 Å². The van der Waals surface area contributed by atoms with E-state index in [1.54, 1.807) is 6.33 Å². The average molecular weight is 340 g/mol. The molecule has 26 heavy (non-hydrogen) atoms. The molecule has 0 unspecified atom stereocenters. The highest BCUT2D eigenvalue weighted by molar-refractivity contribution is 5.77. The molecule has 0 aliphatic rings. The van der Waals surface area contributed by atoms with Gasteiger partial charge in [-0.05, 0) is 24.6 Å². The Balaban J connectivity index is 1.74.